The summed E-state index contributed by atoms with van der Waals surface area (Å²) < 4.78 is 7.17. The van der Waals surface area contributed by atoms with Crippen LogP contribution in [0.1, 0.15) is 50.9 Å². The van der Waals surface area contributed by atoms with Crippen LogP contribution in [0.2, 0.25) is 0 Å². The summed E-state index contributed by atoms with van der Waals surface area (Å²) in [6, 6.07) is 16.5. The second kappa shape index (κ2) is 10.0. The van der Waals surface area contributed by atoms with Gasteiger partial charge in [0.25, 0.3) is 0 Å². The number of benzene rings is 2. The second-order valence-corrected chi connectivity index (χ2v) is 8.71. The van der Waals surface area contributed by atoms with Crippen LogP contribution in [0.15, 0.2) is 54.6 Å². The minimum absolute atomic E-state index is 0.0860. The minimum Gasteiger partial charge on any atom is -0.497 e. The molecule has 1 saturated carbocycles. The maximum Gasteiger partial charge on any atom is 0.319 e. The quantitative estimate of drug-likeness (QED) is 0.519. The smallest absolute Gasteiger partial charge is 0.319 e. The van der Waals surface area contributed by atoms with Gasteiger partial charge in [0, 0.05) is 29.3 Å². The molecule has 8 nitrogen and oxygen atoms in total. The van der Waals surface area contributed by atoms with E-state index in [0.29, 0.717) is 30.1 Å². The summed E-state index contributed by atoms with van der Waals surface area (Å²) >= 11 is 0. The number of carbonyl (C=O) groups excluding carboxylic acids is 1. The van der Waals surface area contributed by atoms with Crippen LogP contribution >= 0.6 is 0 Å². The Morgan fingerprint density at radius 3 is 2.67 bits per heavy atom. The normalized spacial score (nSPS) is 20.5. The van der Waals surface area contributed by atoms with Crippen LogP contribution in [-0.4, -0.2) is 45.2 Å². The van der Waals surface area contributed by atoms with Gasteiger partial charge < -0.3 is 20.5 Å². The highest BCUT2D eigenvalue weighted by atomic mass is 16.5. The lowest BCUT2D eigenvalue weighted by atomic mass is 9.83. The zero-order valence-corrected chi connectivity index (χ0v) is 19.2. The van der Waals surface area contributed by atoms with Crippen LogP contribution in [0.4, 0.5) is 10.5 Å². The monoisotopic (exact) mass is 449 g/mol. The van der Waals surface area contributed by atoms with E-state index in [1.807, 2.05) is 47.1 Å². The van der Waals surface area contributed by atoms with Crippen LogP contribution in [0, 0.1) is 0 Å². The van der Waals surface area contributed by atoms with Gasteiger partial charge in [0.05, 0.1) is 19.3 Å². The zero-order valence-electron chi connectivity index (χ0n) is 19.2. The number of hydrogen-bond acceptors (Lipinski definition) is 5. The number of methoxy groups -OCH3 is 1. The highest BCUT2D eigenvalue weighted by molar-refractivity contribution is 5.89. The van der Waals surface area contributed by atoms with Crippen molar-refractivity contribution in [3.05, 3.63) is 60.4 Å². The van der Waals surface area contributed by atoms with Crippen LogP contribution < -0.4 is 15.4 Å². The molecule has 0 unspecified atom stereocenters. The largest absolute Gasteiger partial charge is 0.497 e. The Morgan fingerprint density at radius 2 is 1.94 bits per heavy atom. The first kappa shape index (κ1) is 22.8. The van der Waals surface area contributed by atoms with Gasteiger partial charge in [-0.2, -0.15) is 5.10 Å². The molecule has 0 saturated heterocycles. The number of nitrogens with one attached hydrogen (secondary N) is 2. The standard InChI is InChI=1S/C25H31N5O3/c1-16(2)30-24(28-23(29-30)17-8-5-4-6-9-17)18-12-13-22(31)21(14-18)27-25(32)26-19-10-7-11-20(15-19)33-3/h4-11,15-16,18,21-22,31H,12-14H2,1-3H3,(H2,26,27,32)/t18-,21+,22+/m0/s1. The van der Waals surface area contributed by atoms with Gasteiger partial charge in [-0.1, -0.05) is 36.4 Å². The number of carbonyl (C=O) groups is 1. The molecule has 1 heterocycles. The molecule has 33 heavy (non-hydrogen) atoms. The van der Waals surface area contributed by atoms with Gasteiger partial charge >= 0.3 is 6.03 Å². The van der Waals surface area contributed by atoms with Gasteiger partial charge in [0.2, 0.25) is 0 Å². The van der Waals surface area contributed by atoms with Crippen molar-refractivity contribution in [3.8, 4) is 17.1 Å². The van der Waals surface area contributed by atoms with Gasteiger partial charge in [-0.05, 0) is 45.2 Å². The third-order valence-corrected chi connectivity index (χ3v) is 6.00. The molecule has 1 fully saturated rings. The van der Waals surface area contributed by atoms with E-state index in [0.717, 1.165) is 17.8 Å². The Kier molecular flexibility index (Phi) is 6.93. The Labute approximate surface area is 194 Å². The SMILES string of the molecule is COc1cccc(NC(=O)N[C@@H]2C[C@@H](c3nc(-c4ccccc4)nn3C(C)C)CC[C@H]2O)c1. The summed E-state index contributed by atoms with van der Waals surface area (Å²) in [5.74, 6) is 2.34. The predicted octanol–water partition coefficient (Wildman–Crippen LogP) is 4.35. The third kappa shape index (κ3) is 5.34. The highest BCUT2D eigenvalue weighted by Crippen LogP contribution is 2.34. The Bertz CT molecular complexity index is 1080. The lowest BCUT2D eigenvalue weighted by Crippen LogP contribution is -2.48. The average Bonchev–Trinajstić information content (AvgIpc) is 3.27. The van der Waals surface area contributed by atoms with Crippen molar-refractivity contribution in [2.24, 2.45) is 0 Å². The number of rotatable bonds is 6. The molecule has 0 spiro atoms. The van der Waals surface area contributed by atoms with Crippen LogP contribution in [0.25, 0.3) is 11.4 Å². The summed E-state index contributed by atoms with van der Waals surface area (Å²) in [7, 11) is 1.58. The number of urea groups is 1. The fraction of sp³-hybridized carbons (Fsp3) is 0.400. The molecular formula is C25H31N5O3. The van der Waals surface area contributed by atoms with Crippen molar-refractivity contribution in [3.63, 3.8) is 0 Å². The maximum absolute atomic E-state index is 12.6. The Balaban J connectivity index is 1.49. The second-order valence-electron chi connectivity index (χ2n) is 8.71. The number of anilines is 1. The molecule has 2 aromatic carbocycles. The molecule has 1 aliphatic carbocycles. The fourth-order valence-corrected chi connectivity index (χ4v) is 4.28. The van der Waals surface area contributed by atoms with E-state index in [1.54, 1.807) is 19.2 Å². The molecule has 3 atom stereocenters. The molecule has 3 N–H and O–H groups in total. The summed E-state index contributed by atoms with van der Waals surface area (Å²) in [4.78, 5) is 17.5. The van der Waals surface area contributed by atoms with Crippen molar-refractivity contribution in [1.82, 2.24) is 20.1 Å². The molecule has 174 valence electrons. The molecule has 2 amide bonds. The van der Waals surface area contributed by atoms with Gasteiger partial charge in [-0.25, -0.2) is 14.5 Å². The number of amides is 2. The van der Waals surface area contributed by atoms with E-state index < -0.39 is 6.10 Å². The summed E-state index contributed by atoms with van der Waals surface area (Å²) in [6.45, 7) is 4.17. The number of aliphatic hydroxyl groups excluding tert-OH is 1. The third-order valence-electron chi connectivity index (χ3n) is 6.00. The molecule has 8 heteroatoms. The summed E-state index contributed by atoms with van der Waals surface area (Å²) in [5, 5.41) is 21.1. The average molecular weight is 450 g/mol. The molecule has 0 bridgehead atoms. The molecule has 1 aliphatic rings. The van der Waals surface area contributed by atoms with E-state index in [-0.39, 0.29) is 24.0 Å². The van der Waals surface area contributed by atoms with Gasteiger partial charge in [0.1, 0.15) is 11.6 Å². The summed E-state index contributed by atoms with van der Waals surface area (Å²) in [6.07, 6.45) is 1.35. The highest BCUT2D eigenvalue weighted by Gasteiger charge is 2.34. The number of hydrogen-bond donors (Lipinski definition) is 3. The zero-order chi connectivity index (χ0) is 23.4. The number of nitrogens with zero attached hydrogens (tertiary/aromatic N) is 3. The van der Waals surface area contributed by atoms with E-state index in [9.17, 15) is 9.90 Å². The van der Waals surface area contributed by atoms with Crippen LogP contribution in [0.3, 0.4) is 0 Å². The van der Waals surface area contributed by atoms with Gasteiger partial charge in [-0.15, -0.1) is 0 Å². The molecule has 0 radical (unpaired) electrons. The van der Waals surface area contributed by atoms with Gasteiger partial charge in [-0.3, -0.25) is 0 Å². The predicted molar refractivity (Wildman–Crippen MR) is 127 cm³/mol. The van der Waals surface area contributed by atoms with Gasteiger partial charge in [0.15, 0.2) is 5.82 Å². The van der Waals surface area contributed by atoms with E-state index >= 15 is 0 Å². The van der Waals surface area contributed by atoms with Crippen molar-refractivity contribution in [2.45, 2.75) is 57.2 Å². The van der Waals surface area contributed by atoms with Crippen molar-refractivity contribution >= 4 is 11.7 Å². The fourth-order valence-electron chi connectivity index (χ4n) is 4.28. The Morgan fingerprint density at radius 1 is 1.15 bits per heavy atom. The summed E-state index contributed by atoms with van der Waals surface area (Å²) in [5.41, 5.74) is 1.60. The van der Waals surface area contributed by atoms with E-state index in [1.165, 1.54) is 0 Å². The first-order valence-corrected chi connectivity index (χ1v) is 11.4. The van der Waals surface area contributed by atoms with Crippen LogP contribution in [-0.2, 0) is 0 Å². The van der Waals surface area contributed by atoms with E-state index in [2.05, 4.69) is 24.5 Å². The maximum atomic E-state index is 12.6. The molecule has 4 rings (SSSR count). The number of aromatic nitrogens is 3. The topological polar surface area (TPSA) is 101 Å². The van der Waals surface area contributed by atoms with E-state index in [4.69, 9.17) is 14.8 Å². The Hall–Kier alpha value is -3.39. The lowest BCUT2D eigenvalue weighted by Gasteiger charge is -2.33. The van der Waals surface area contributed by atoms with Crippen molar-refractivity contribution in [1.29, 1.82) is 0 Å². The number of ether oxygens (including phenoxy) is 1. The molecule has 0 aliphatic heterocycles. The first-order valence-electron chi connectivity index (χ1n) is 11.4. The molecular weight excluding hydrogens is 418 g/mol. The van der Waals surface area contributed by atoms with Crippen molar-refractivity contribution in [2.75, 3.05) is 12.4 Å². The minimum atomic E-state index is -0.610. The number of aliphatic hydroxyl groups is 1. The lowest BCUT2D eigenvalue weighted by molar-refractivity contribution is 0.0859. The molecule has 3 aromatic rings. The van der Waals surface area contributed by atoms with Crippen molar-refractivity contribution < 1.29 is 14.6 Å². The first-order chi connectivity index (χ1) is 15.9. The molecule has 1 aromatic heterocycles. The van der Waals surface area contributed by atoms with Crippen LogP contribution in [0.5, 0.6) is 5.75 Å².